The van der Waals surface area contributed by atoms with E-state index in [-0.39, 0.29) is 0 Å². The molecule has 15 heteroatoms. The second-order valence-corrected chi connectivity index (χ2v) is 49.9. The Hall–Kier alpha value is 0.684. The Kier molecular flexibility index (Phi) is 79.1. The molecule has 1 aliphatic heterocycles. The van der Waals surface area contributed by atoms with Crippen LogP contribution in [-0.4, -0.2) is 74.9 Å². The smallest absolute Gasteiger partial charge is 0.415 e. The Morgan fingerprint density at radius 3 is 0.491 bits per heavy atom. The Bertz CT molecular complexity index is 1700. The van der Waals surface area contributed by atoms with Gasteiger partial charge in [0.05, 0.1) is 0 Å². The first-order valence-electron chi connectivity index (χ1n) is 49.6. The molecular weight excluding hydrogens is 1420 g/mol. The number of rotatable bonds is 88. The minimum Gasteiger partial charge on any atom is -0.415 e. The third kappa shape index (κ3) is 65.7. The first kappa shape index (κ1) is 107. The van der Waals surface area contributed by atoms with Gasteiger partial charge in [0.25, 0.3) is 0 Å². The standard InChI is InChI=1S/C93H196O10Si5/c1-9-14-19-24-29-34-39-44-49-54-59-64-69-74-79-84-89-104(90-85-80-75-70-65-60-55-50-45-40-35-30-25-20-15-10-2)99-105(91-86-81-76-71-66-61-56-51-46-41-36-31-26-21-16-11-3,92-87-82-77-72-67-62-57-52-47-42-37-32-27-22-17-12-4)101-108(97-7,98-8)103-107(95,96-6)102-106(94,100-104)93-88-83-78-73-68-63-58-53-48-43-38-33-28-23-18-13-5/h94-95H,9-93H2,1-8H3. The lowest BCUT2D eigenvalue weighted by Crippen LogP contribution is -2.72. The summed E-state index contributed by atoms with van der Waals surface area (Å²) in [5.41, 5.74) is 0. The van der Waals surface area contributed by atoms with E-state index in [2.05, 4.69) is 34.6 Å². The van der Waals surface area contributed by atoms with Crippen molar-refractivity contribution in [2.45, 2.75) is 579 Å². The highest BCUT2D eigenvalue weighted by Crippen LogP contribution is 2.42. The van der Waals surface area contributed by atoms with Gasteiger partial charge in [0.1, 0.15) is 0 Å². The van der Waals surface area contributed by atoms with Crippen molar-refractivity contribution in [3.05, 3.63) is 0 Å². The van der Waals surface area contributed by atoms with Gasteiger partial charge in [-0.05, 0) is 30.6 Å². The summed E-state index contributed by atoms with van der Waals surface area (Å²) in [7, 11) is -15.6. The quantitative estimate of drug-likeness (QED) is 0.0451. The van der Waals surface area contributed by atoms with Gasteiger partial charge in [-0.25, -0.2) is 0 Å². The number of unbranched alkanes of at least 4 members (excludes halogenated alkanes) is 75. The van der Waals surface area contributed by atoms with Crippen LogP contribution in [0.3, 0.4) is 0 Å². The lowest BCUT2D eigenvalue weighted by Gasteiger charge is -2.48. The number of hydrogen-bond acceptors (Lipinski definition) is 10. The van der Waals surface area contributed by atoms with Crippen LogP contribution in [0.2, 0.25) is 30.2 Å². The van der Waals surface area contributed by atoms with Gasteiger partial charge in [0.2, 0.25) is 0 Å². The van der Waals surface area contributed by atoms with Crippen LogP contribution in [0.25, 0.3) is 0 Å². The summed E-state index contributed by atoms with van der Waals surface area (Å²) in [6, 6.07) is 3.43. The van der Waals surface area contributed by atoms with Crippen LogP contribution in [0, 0.1) is 0 Å². The zero-order valence-electron chi connectivity index (χ0n) is 74.8. The van der Waals surface area contributed by atoms with Gasteiger partial charge in [0.15, 0.2) is 0 Å². The van der Waals surface area contributed by atoms with E-state index in [1.54, 1.807) is 14.2 Å². The molecule has 0 aliphatic carbocycles. The summed E-state index contributed by atoms with van der Waals surface area (Å²) in [5, 5.41) is 0. The van der Waals surface area contributed by atoms with Gasteiger partial charge in [-0.3, -0.25) is 0 Å². The summed E-state index contributed by atoms with van der Waals surface area (Å²) >= 11 is 0. The van der Waals surface area contributed by atoms with Crippen LogP contribution < -0.4 is 0 Å². The van der Waals surface area contributed by atoms with E-state index in [1.165, 1.54) is 450 Å². The highest BCUT2D eigenvalue weighted by atomic mass is 28.6. The Labute approximate surface area is 683 Å². The summed E-state index contributed by atoms with van der Waals surface area (Å²) < 4.78 is 56.4. The monoisotopic (exact) mass is 1610 g/mol. The van der Waals surface area contributed by atoms with Crippen LogP contribution in [0.15, 0.2) is 0 Å². The Morgan fingerprint density at radius 1 is 0.167 bits per heavy atom. The van der Waals surface area contributed by atoms with Gasteiger partial charge < -0.3 is 43.4 Å². The molecule has 0 spiro atoms. The minimum absolute atomic E-state index is 0.325. The average molecular weight is 1620 g/mol. The fraction of sp³-hybridized carbons (Fsp3) is 1.00. The van der Waals surface area contributed by atoms with Crippen molar-refractivity contribution in [3.63, 3.8) is 0 Å². The third-order valence-electron chi connectivity index (χ3n) is 24.3. The van der Waals surface area contributed by atoms with Crippen molar-refractivity contribution in [1.82, 2.24) is 0 Å². The van der Waals surface area contributed by atoms with Crippen molar-refractivity contribution in [3.8, 4) is 0 Å². The second-order valence-electron chi connectivity index (χ2n) is 34.9. The Morgan fingerprint density at radius 2 is 0.324 bits per heavy atom. The predicted molar refractivity (Wildman–Crippen MR) is 481 cm³/mol. The summed E-state index contributed by atoms with van der Waals surface area (Å²) in [5.74, 6) is 0. The first-order valence-corrected chi connectivity index (χ1v) is 59.4. The maximum atomic E-state index is 13.7. The largest absolute Gasteiger partial charge is 0.664 e. The minimum atomic E-state index is -4.74. The van der Waals surface area contributed by atoms with E-state index in [0.717, 1.165) is 94.8 Å². The van der Waals surface area contributed by atoms with E-state index in [4.69, 9.17) is 33.9 Å². The fourth-order valence-electron chi connectivity index (χ4n) is 17.1. The van der Waals surface area contributed by atoms with Crippen LogP contribution in [0.4, 0.5) is 0 Å². The molecule has 0 saturated carbocycles. The average Bonchev–Trinajstić information content (AvgIpc) is 0.757. The zero-order valence-corrected chi connectivity index (χ0v) is 79.8. The molecule has 0 radical (unpaired) electrons. The van der Waals surface area contributed by atoms with Crippen LogP contribution in [0.5, 0.6) is 0 Å². The zero-order chi connectivity index (χ0) is 78.3. The molecule has 2 N–H and O–H groups in total. The highest BCUT2D eigenvalue weighted by Gasteiger charge is 2.67. The van der Waals surface area contributed by atoms with Crippen molar-refractivity contribution in [1.29, 1.82) is 0 Å². The molecule has 2 atom stereocenters. The molecule has 0 amide bonds. The van der Waals surface area contributed by atoms with E-state index < -0.39 is 44.0 Å². The first-order chi connectivity index (χ1) is 53.0. The van der Waals surface area contributed by atoms with E-state index in [9.17, 15) is 9.59 Å². The third-order valence-corrected chi connectivity index (χ3v) is 43.9. The molecule has 1 heterocycles. The molecule has 108 heavy (non-hydrogen) atoms. The lowest BCUT2D eigenvalue weighted by atomic mass is 10.0. The van der Waals surface area contributed by atoms with Crippen LogP contribution in [0.1, 0.15) is 548 Å². The highest BCUT2D eigenvalue weighted by molar-refractivity contribution is 6.90. The molecule has 1 saturated heterocycles. The van der Waals surface area contributed by atoms with Crippen molar-refractivity contribution in [2.75, 3.05) is 21.3 Å². The number of hydrogen-bond donors (Lipinski definition) is 2. The van der Waals surface area contributed by atoms with Gasteiger partial charge in [-0.1, -0.05) is 542 Å². The molecule has 2 unspecified atom stereocenters. The molecule has 10 nitrogen and oxygen atoms in total. The van der Waals surface area contributed by atoms with E-state index in [0.29, 0.717) is 6.04 Å². The topological polar surface area (TPSA) is 114 Å². The molecule has 0 bridgehead atoms. The normalized spacial score (nSPS) is 17.4. The summed E-state index contributed by atoms with van der Waals surface area (Å²) in [6.45, 7) is 11.6. The van der Waals surface area contributed by atoms with E-state index in [1.807, 2.05) is 0 Å². The maximum Gasteiger partial charge on any atom is 0.664 e. The summed E-state index contributed by atoms with van der Waals surface area (Å²) in [4.78, 5) is 26.5. The summed E-state index contributed by atoms with van der Waals surface area (Å²) in [6.07, 6.45) is 105. The van der Waals surface area contributed by atoms with Crippen molar-refractivity contribution in [2.24, 2.45) is 0 Å². The SMILES string of the molecule is CCCCCCCCCCCCCCCCCC[Si]1(O)O[Si](CCCCCCCCCCCCCCCCCC)(CCCCCCCCCCCCCCCCCC)O[Si](CCCCCCCCCCCCCCCCCC)(CCCCCCCCCCCCCCCCCC)O[Si](OC)(OC)O[Si](O)(OC)O1. The molecule has 0 aromatic heterocycles. The fourth-order valence-corrected chi connectivity index (χ4v) is 40.1. The van der Waals surface area contributed by atoms with Crippen LogP contribution >= 0.6 is 0 Å². The van der Waals surface area contributed by atoms with Crippen molar-refractivity contribution >= 4 is 44.0 Å². The molecule has 1 rings (SSSR count). The van der Waals surface area contributed by atoms with E-state index >= 15 is 0 Å². The molecule has 648 valence electrons. The van der Waals surface area contributed by atoms with Crippen molar-refractivity contribution < 1.29 is 43.4 Å². The molecule has 0 aromatic rings. The van der Waals surface area contributed by atoms with Gasteiger partial charge in [0, 0.05) is 27.4 Å². The molecule has 0 aromatic carbocycles. The molecule has 1 aliphatic rings. The predicted octanol–water partition coefficient (Wildman–Crippen LogP) is 33.0. The molecule has 1 fully saturated rings. The Balaban J connectivity index is 3.70. The van der Waals surface area contributed by atoms with Gasteiger partial charge in [-0.15, -0.1) is 0 Å². The maximum absolute atomic E-state index is 13.7. The second kappa shape index (κ2) is 80.1. The molecular formula is C93H196O10Si5. The lowest BCUT2D eigenvalue weighted by molar-refractivity contribution is -0.00922. The van der Waals surface area contributed by atoms with Crippen LogP contribution in [-0.2, 0) is 33.9 Å². The van der Waals surface area contributed by atoms with Gasteiger partial charge >= 0.3 is 44.0 Å². The van der Waals surface area contributed by atoms with Gasteiger partial charge in [-0.2, -0.15) is 0 Å².